The van der Waals surface area contributed by atoms with Gasteiger partial charge in [-0.3, -0.25) is 0 Å². The molecule has 0 spiro atoms. The van der Waals surface area contributed by atoms with Gasteiger partial charge in [0.25, 0.3) is 0 Å². The van der Waals surface area contributed by atoms with E-state index in [1.165, 1.54) is 11.1 Å². The van der Waals surface area contributed by atoms with Crippen LogP contribution in [-0.2, 0) is 6.42 Å². The van der Waals surface area contributed by atoms with Crippen LogP contribution >= 0.6 is 0 Å². The minimum Gasteiger partial charge on any atom is -0.396 e. The molecule has 0 unspecified atom stereocenters. The highest BCUT2D eigenvalue weighted by atomic mass is 16.6. The van der Waals surface area contributed by atoms with Crippen molar-refractivity contribution in [1.29, 1.82) is 0 Å². The van der Waals surface area contributed by atoms with E-state index in [0.717, 1.165) is 17.7 Å². The summed E-state index contributed by atoms with van der Waals surface area (Å²) in [4.78, 5) is 4.36. The number of pyridine rings is 1. The summed E-state index contributed by atoms with van der Waals surface area (Å²) in [6.45, 7) is 3.99. The lowest BCUT2D eigenvalue weighted by Gasteiger charge is -2.08. The summed E-state index contributed by atoms with van der Waals surface area (Å²) in [6, 6.07) is 8.37. The molecule has 19 heavy (non-hydrogen) atoms. The predicted octanol–water partition coefficient (Wildman–Crippen LogP) is 2.41. The fraction of sp³-hybridized carbons (Fsp3) is 0.214. The van der Waals surface area contributed by atoms with Crippen LogP contribution in [0.25, 0.3) is 11.2 Å². The van der Waals surface area contributed by atoms with Crippen molar-refractivity contribution in [2.45, 2.75) is 20.3 Å². The average molecular weight is 254 g/mol. The van der Waals surface area contributed by atoms with Crippen LogP contribution in [0.5, 0.6) is 0 Å². The van der Waals surface area contributed by atoms with Gasteiger partial charge in [-0.05, 0) is 29.7 Å². The van der Waals surface area contributed by atoms with Crippen LogP contribution in [0.2, 0.25) is 0 Å². The van der Waals surface area contributed by atoms with E-state index in [1.54, 1.807) is 0 Å². The Kier molecular flexibility index (Phi) is 2.67. The Labute approximate surface area is 110 Å². The van der Waals surface area contributed by atoms with Crippen LogP contribution in [-0.4, -0.2) is 15.3 Å². The summed E-state index contributed by atoms with van der Waals surface area (Å²) >= 11 is 0. The van der Waals surface area contributed by atoms with Crippen molar-refractivity contribution in [3.63, 3.8) is 0 Å². The normalized spacial score (nSPS) is 11.1. The number of rotatable bonds is 2. The molecule has 0 amide bonds. The molecule has 0 atom stereocenters. The first-order chi connectivity index (χ1) is 9.15. The lowest BCUT2D eigenvalue weighted by Crippen LogP contribution is -2.02. The van der Waals surface area contributed by atoms with Crippen LogP contribution in [0.1, 0.15) is 22.4 Å². The Hall–Kier alpha value is -2.43. The second kappa shape index (κ2) is 4.35. The summed E-state index contributed by atoms with van der Waals surface area (Å²) in [7, 11) is 0. The number of aryl methyl sites for hydroxylation is 2. The summed E-state index contributed by atoms with van der Waals surface area (Å²) in [5.41, 5.74) is 12.0. The summed E-state index contributed by atoms with van der Waals surface area (Å²) in [5.74, 6) is 0. The largest absolute Gasteiger partial charge is 0.396 e. The monoisotopic (exact) mass is 254 g/mol. The first kappa shape index (κ1) is 11.6. The second-order valence-electron chi connectivity index (χ2n) is 4.69. The molecule has 2 heterocycles. The number of nitrogens with zero attached hydrogens (tertiary/aromatic N) is 3. The maximum Gasteiger partial charge on any atom is 0.226 e. The zero-order chi connectivity index (χ0) is 13.4. The first-order valence-electron chi connectivity index (χ1n) is 6.08. The average Bonchev–Trinajstić information content (AvgIpc) is 2.85. The van der Waals surface area contributed by atoms with Crippen LogP contribution in [0.3, 0.4) is 0 Å². The maximum absolute atomic E-state index is 6.14. The second-order valence-corrected chi connectivity index (χ2v) is 4.69. The Balaban J connectivity index is 2.06. The lowest BCUT2D eigenvalue weighted by molar-refractivity contribution is 0.315. The summed E-state index contributed by atoms with van der Waals surface area (Å²) in [6.07, 6.45) is 0.730. The van der Waals surface area contributed by atoms with Gasteiger partial charge in [-0.1, -0.05) is 29.8 Å². The fourth-order valence-corrected chi connectivity index (χ4v) is 2.12. The van der Waals surface area contributed by atoms with Crippen molar-refractivity contribution < 1.29 is 4.63 Å². The van der Waals surface area contributed by atoms with Crippen molar-refractivity contribution in [3.05, 3.63) is 46.6 Å². The van der Waals surface area contributed by atoms with Gasteiger partial charge in [-0.25, -0.2) is 9.61 Å². The van der Waals surface area contributed by atoms with E-state index in [1.807, 2.05) is 6.92 Å². The van der Waals surface area contributed by atoms with Gasteiger partial charge in [0.2, 0.25) is 5.65 Å². The molecule has 0 saturated carbocycles. The molecule has 0 saturated heterocycles. The van der Waals surface area contributed by atoms with Crippen molar-refractivity contribution in [2.75, 3.05) is 5.73 Å². The number of fused-ring (bicyclic) bond motifs is 1. The molecule has 1 aromatic carbocycles. The molecular formula is C14H14N4O. The number of aromatic nitrogens is 3. The molecule has 3 aromatic rings. The van der Waals surface area contributed by atoms with E-state index < -0.39 is 0 Å². The Morgan fingerprint density at radius 3 is 2.58 bits per heavy atom. The highest BCUT2D eigenvalue weighted by molar-refractivity contribution is 5.85. The molecule has 0 aliphatic carbocycles. The number of nitrogen functional groups attached to an aromatic ring is 1. The minimum atomic E-state index is 0.461. The summed E-state index contributed by atoms with van der Waals surface area (Å²) < 4.78 is 4.68. The SMILES string of the molecule is Cc1ccc(Cc2c(C)nc3nonc3c2N)cc1. The molecule has 0 aliphatic heterocycles. The van der Waals surface area contributed by atoms with E-state index >= 15 is 0 Å². The van der Waals surface area contributed by atoms with E-state index in [2.05, 4.69) is 51.1 Å². The van der Waals surface area contributed by atoms with Crippen molar-refractivity contribution in [2.24, 2.45) is 0 Å². The number of anilines is 1. The minimum absolute atomic E-state index is 0.461. The van der Waals surface area contributed by atoms with E-state index in [0.29, 0.717) is 16.9 Å². The molecule has 2 aromatic heterocycles. The molecule has 0 fully saturated rings. The van der Waals surface area contributed by atoms with Gasteiger partial charge in [0.1, 0.15) is 0 Å². The molecule has 96 valence electrons. The number of nitrogens with two attached hydrogens (primary N) is 1. The van der Waals surface area contributed by atoms with E-state index in [-0.39, 0.29) is 0 Å². The molecular weight excluding hydrogens is 240 g/mol. The van der Waals surface area contributed by atoms with Gasteiger partial charge < -0.3 is 5.73 Å². The van der Waals surface area contributed by atoms with Crippen molar-refractivity contribution in [1.82, 2.24) is 15.3 Å². The molecule has 0 aliphatic rings. The number of benzene rings is 1. The van der Waals surface area contributed by atoms with Crippen LogP contribution in [0.15, 0.2) is 28.9 Å². The standard InChI is InChI=1S/C14H14N4O/c1-8-3-5-10(6-4-8)7-11-9(2)16-14-13(12(11)15)17-19-18-14/h3-6H,7,15H2,1-2H3. The van der Waals surface area contributed by atoms with Crippen LogP contribution in [0, 0.1) is 13.8 Å². The Bertz CT molecular complexity index is 731. The third-order valence-corrected chi connectivity index (χ3v) is 3.26. The van der Waals surface area contributed by atoms with Crippen molar-refractivity contribution >= 4 is 16.9 Å². The summed E-state index contributed by atoms with van der Waals surface area (Å²) in [5, 5.41) is 7.53. The fourth-order valence-electron chi connectivity index (χ4n) is 2.12. The quantitative estimate of drug-likeness (QED) is 0.759. The third kappa shape index (κ3) is 2.03. The lowest BCUT2D eigenvalue weighted by atomic mass is 10.0. The molecule has 2 N–H and O–H groups in total. The zero-order valence-electron chi connectivity index (χ0n) is 10.8. The van der Waals surface area contributed by atoms with Crippen molar-refractivity contribution in [3.8, 4) is 0 Å². The van der Waals surface area contributed by atoms with Gasteiger partial charge in [-0.2, -0.15) is 0 Å². The van der Waals surface area contributed by atoms with Gasteiger partial charge in [-0.15, -0.1) is 0 Å². The Morgan fingerprint density at radius 2 is 1.84 bits per heavy atom. The topological polar surface area (TPSA) is 77.8 Å². The van der Waals surface area contributed by atoms with Gasteiger partial charge in [0.05, 0.1) is 5.69 Å². The number of hydrogen-bond donors (Lipinski definition) is 1. The molecule has 3 rings (SSSR count). The molecule has 5 heteroatoms. The van der Waals surface area contributed by atoms with Crippen LogP contribution in [0.4, 0.5) is 5.69 Å². The first-order valence-corrected chi connectivity index (χ1v) is 6.08. The van der Waals surface area contributed by atoms with Gasteiger partial charge >= 0.3 is 0 Å². The highest BCUT2D eigenvalue weighted by Crippen LogP contribution is 2.25. The zero-order valence-corrected chi connectivity index (χ0v) is 10.8. The molecule has 5 nitrogen and oxygen atoms in total. The third-order valence-electron chi connectivity index (χ3n) is 3.26. The molecule has 0 radical (unpaired) electrons. The van der Waals surface area contributed by atoms with Gasteiger partial charge in [0.15, 0.2) is 5.52 Å². The predicted molar refractivity (Wildman–Crippen MR) is 72.7 cm³/mol. The van der Waals surface area contributed by atoms with E-state index in [4.69, 9.17) is 5.73 Å². The van der Waals surface area contributed by atoms with Crippen LogP contribution < -0.4 is 5.73 Å². The maximum atomic E-state index is 6.14. The van der Waals surface area contributed by atoms with E-state index in [9.17, 15) is 0 Å². The highest BCUT2D eigenvalue weighted by Gasteiger charge is 2.14. The van der Waals surface area contributed by atoms with Gasteiger partial charge in [0, 0.05) is 17.7 Å². The Morgan fingerprint density at radius 1 is 1.11 bits per heavy atom. The molecule has 0 bridgehead atoms. The number of hydrogen-bond acceptors (Lipinski definition) is 5. The smallest absolute Gasteiger partial charge is 0.226 e.